The second-order valence-electron chi connectivity index (χ2n) is 4.38. The minimum atomic E-state index is 0.848. The van der Waals surface area contributed by atoms with Gasteiger partial charge in [0, 0.05) is 0 Å². The lowest BCUT2D eigenvalue weighted by molar-refractivity contribution is 0.466. The molecule has 1 heteroatoms. The fourth-order valence-corrected chi connectivity index (χ4v) is 1.83. The van der Waals surface area contributed by atoms with Crippen LogP contribution in [0.25, 0.3) is 0 Å². The van der Waals surface area contributed by atoms with Crippen molar-refractivity contribution >= 4 is 0 Å². The average molecular weight is 205 g/mol. The van der Waals surface area contributed by atoms with Crippen molar-refractivity contribution < 1.29 is 0 Å². The lowest BCUT2D eigenvalue weighted by Gasteiger charge is -2.10. The minimum Gasteiger partial charge on any atom is -0.320 e. The third kappa shape index (κ3) is 5.58. The standard InChI is InChI=1S/C14H23N/c1-13(11-12-15-2)7-6-10-14-8-4-3-5-9-14/h3-5,8-9,13,15H,6-7,10-12H2,1-2H3. The fourth-order valence-electron chi connectivity index (χ4n) is 1.83. The molecule has 0 saturated heterocycles. The number of hydrogen-bond donors (Lipinski definition) is 1. The zero-order chi connectivity index (χ0) is 10.9. The van der Waals surface area contributed by atoms with Crippen LogP contribution in [0.3, 0.4) is 0 Å². The van der Waals surface area contributed by atoms with Gasteiger partial charge in [0.2, 0.25) is 0 Å². The summed E-state index contributed by atoms with van der Waals surface area (Å²) in [4.78, 5) is 0. The highest BCUT2D eigenvalue weighted by atomic mass is 14.8. The van der Waals surface area contributed by atoms with Crippen molar-refractivity contribution in [1.29, 1.82) is 0 Å². The molecule has 1 aromatic carbocycles. The molecule has 84 valence electrons. The topological polar surface area (TPSA) is 12.0 Å². The fraction of sp³-hybridized carbons (Fsp3) is 0.571. The Labute approximate surface area is 93.9 Å². The molecule has 0 spiro atoms. The van der Waals surface area contributed by atoms with Crippen molar-refractivity contribution in [3.63, 3.8) is 0 Å². The van der Waals surface area contributed by atoms with E-state index in [1.807, 2.05) is 7.05 Å². The van der Waals surface area contributed by atoms with Crippen LogP contribution >= 0.6 is 0 Å². The molecular weight excluding hydrogens is 182 g/mol. The molecule has 0 fully saturated rings. The van der Waals surface area contributed by atoms with Crippen LogP contribution in [0, 0.1) is 5.92 Å². The highest BCUT2D eigenvalue weighted by Gasteiger charge is 2.01. The predicted molar refractivity (Wildman–Crippen MR) is 67.1 cm³/mol. The van der Waals surface area contributed by atoms with Crippen LogP contribution in [0.15, 0.2) is 30.3 Å². The summed E-state index contributed by atoms with van der Waals surface area (Å²) >= 11 is 0. The Morgan fingerprint density at radius 2 is 1.87 bits per heavy atom. The molecule has 0 saturated carbocycles. The molecule has 1 nitrogen and oxygen atoms in total. The number of nitrogens with one attached hydrogen (secondary N) is 1. The quantitative estimate of drug-likeness (QED) is 0.720. The Balaban J connectivity index is 2.11. The molecule has 15 heavy (non-hydrogen) atoms. The highest BCUT2D eigenvalue weighted by molar-refractivity contribution is 5.14. The normalized spacial score (nSPS) is 12.7. The summed E-state index contributed by atoms with van der Waals surface area (Å²) in [6, 6.07) is 10.8. The molecule has 0 aliphatic rings. The largest absolute Gasteiger partial charge is 0.320 e. The Morgan fingerprint density at radius 1 is 1.13 bits per heavy atom. The van der Waals surface area contributed by atoms with Crippen molar-refractivity contribution in [2.45, 2.75) is 32.6 Å². The summed E-state index contributed by atoms with van der Waals surface area (Å²) in [6.07, 6.45) is 5.18. The first-order chi connectivity index (χ1) is 7.33. The van der Waals surface area contributed by atoms with E-state index in [-0.39, 0.29) is 0 Å². The van der Waals surface area contributed by atoms with Gasteiger partial charge in [-0.15, -0.1) is 0 Å². The maximum absolute atomic E-state index is 3.21. The van der Waals surface area contributed by atoms with E-state index < -0.39 is 0 Å². The van der Waals surface area contributed by atoms with Gasteiger partial charge in [-0.05, 0) is 44.3 Å². The maximum atomic E-state index is 3.21. The van der Waals surface area contributed by atoms with Gasteiger partial charge in [-0.3, -0.25) is 0 Å². The molecule has 1 unspecified atom stereocenters. The Morgan fingerprint density at radius 3 is 2.53 bits per heavy atom. The van der Waals surface area contributed by atoms with Gasteiger partial charge in [-0.25, -0.2) is 0 Å². The first-order valence-corrected chi connectivity index (χ1v) is 6.01. The molecule has 1 rings (SSSR count). The summed E-state index contributed by atoms with van der Waals surface area (Å²) in [5.74, 6) is 0.848. The lowest BCUT2D eigenvalue weighted by Crippen LogP contribution is -2.11. The Bertz CT molecular complexity index is 243. The molecule has 1 atom stereocenters. The molecule has 0 heterocycles. The van der Waals surface area contributed by atoms with E-state index in [9.17, 15) is 0 Å². The molecule has 0 aliphatic heterocycles. The van der Waals surface area contributed by atoms with Gasteiger partial charge in [0.25, 0.3) is 0 Å². The second kappa shape index (κ2) is 7.47. The molecule has 1 aromatic rings. The summed E-state index contributed by atoms with van der Waals surface area (Å²) in [5, 5.41) is 3.21. The number of rotatable bonds is 7. The minimum absolute atomic E-state index is 0.848. The molecular formula is C14H23N. The molecule has 0 radical (unpaired) electrons. The van der Waals surface area contributed by atoms with Crippen LogP contribution in [0.5, 0.6) is 0 Å². The first-order valence-electron chi connectivity index (χ1n) is 6.01. The summed E-state index contributed by atoms with van der Waals surface area (Å²) in [7, 11) is 2.02. The van der Waals surface area contributed by atoms with Gasteiger partial charge < -0.3 is 5.32 Å². The van der Waals surface area contributed by atoms with Gasteiger partial charge in [0.1, 0.15) is 0 Å². The molecule has 0 aromatic heterocycles. The summed E-state index contributed by atoms with van der Waals surface area (Å²) in [5.41, 5.74) is 1.47. The maximum Gasteiger partial charge on any atom is -0.00494 e. The second-order valence-corrected chi connectivity index (χ2v) is 4.38. The van der Waals surface area contributed by atoms with E-state index >= 15 is 0 Å². The van der Waals surface area contributed by atoms with Crippen LogP contribution in [-0.4, -0.2) is 13.6 Å². The van der Waals surface area contributed by atoms with Crippen molar-refractivity contribution in [2.75, 3.05) is 13.6 Å². The van der Waals surface area contributed by atoms with E-state index in [1.54, 1.807) is 0 Å². The molecule has 1 N–H and O–H groups in total. The van der Waals surface area contributed by atoms with Crippen LogP contribution in [0.1, 0.15) is 31.7 Å². The first kappa shape index (κ1) is 12.3. The SMILES string of the molecule is CNCCC(C)CCCc1ccccc1. The van der Waals surface area contributed by atoms with Crippen LogP contribution in [-0.2, 0) is 6.42 Å². The van der Waals surface area contributed by atoms with E-state index in [0.29, 0.717) is 0 Å². The van der Waals surface area contributed by atoms with E-state index in [1.165, 1.54) is 31.2 Å². The predicted octanol–water partition coefficient (Wildman–Crippen LogP) is 3.25. The van der Waals surface area contributed by atoms with Crippen LogP contribution in [0.2, 0.25) is 0 Å². The summed E-state index contributed by atoms with van der Waals surface area (Å²) in [6.45, 7) is 3.49. The lowest BCUT2D eigenvalue weighted by atomic mass is 9.98. The Kier molecular flexibility index (Phi) is 6.10. The molecule has 0 amide bonds. The highest BCUT2D eigenvalue weighted by Crippen LogP contribution is 2.12. The van der Waals surface area contributed by atoms with Gasteiger partial charge in [-0.1, -0.05) is 43.7 Å². The smallest absolute Gasteiger partial charge is 0.00494 e. The van der Waals surface area contributed by atoms with Crippen LogP contribution in [0.4, 0.5) is 0 Å². The third-order valence-electron chi connectivity index (χ3n) is 2.89. The zero-order valence-corrected chi connectivity index (χ0v) is 10.00. The van der Waals surface area contributed by atoms with Gasteiger partial charge in [0.05, 0.1) is 0 Å². The zero-order valence-electron chi connectivity index (χ0n) is 10.00. The number of hydrogen-bond acceptors (Lipinski definition) is 1. The van der Waals surface area contributed by atoms with E-state index in [2.05, 4.69) is 42.6 Å². The number of aryl methyl sites for hydroxylation is 1. The molecule has 0 aliphatic carbocycles. The average Bonchev–Trinajstić information content (AvgIpc) is 2.28. The molecule has 0 bridgehead atoms. The van der Waals surface area contributed by atoms with Gasteiger partial charge in [-0.2, -0.15) is 0 Å². The van der Waals surface area contributed by atoms with Gasteiger partial charge in [0.15, 0.2) is 0 Å². The van der Waals surface area contributed by atoms with Crippen molar-refractivity contribution in [3.05, 3.63) is 35.9 Å². The van der Waals surface area contributed by atoms with Crippen LogP contribution < -0.4 is 5.32 Å². The van der Waals surface area contributed by atoms with Crippen molar-refractivity contribution in [1.82, 2.24) is 5.32 Å². The number of benzene rings is 1. The van der Waals surface area contributed by atoms with E-state index in [0.717, 1.165) is 12.5 Å². The third-order valence-corrected chi connectivity index (χ3v) is 2.89. The Hall–Kier alpha value is -0.820. The van der Waals surface area contributed by atoms with E-state index in [4.69, 9.17) is 0 Å². The van der Waals surface area contributed by atoms with Crippen molar-refractivity contribution in [3.8, 4) is 0 Å². The van der Waals surface area contributed by atoms with Crippen molar-refractivity contribution in [2.24, 2.45) is 5.92 Å². The van der Waals surface area contributed by atoms with Gasteiger partial charge >= 0.3 is 0 Å². The monoisotopic (exact) mass is 205 g/mol. The summed E-state index contributed by atoms with van der Waals surface area (Å²) < 4.78 is 0.